The smallest absolute Gasteiger partial charge is 0.338 e. The van der Waals surface area contributed by atoms with Crippen LogP contribution in [0.4, 0.5) is 0 Å². The van der Waals surface area contributed by atoms with Crippen molar-refractivity contribution in [2.75, 3.05) is 26.4 Å². The average molecular weight is 659 g/mol. The minimum Gasteiger partial charge on any atom is -0.463 e. The number of benzene rings is 2. The molecule has 2 aromatic rings. The van der Waals surface area contributed by atoms with Crippen LogP contribution >= 0.6 is 0 Å². The number of unbranched alkanes of at least 4 members (excludes halogenated alkanes) is 14. The van der Waals surface area contributed by atoms with Crippen molar-refractivity contribution >= 4 is 17.9 Å². The fourth-order valence-corrected chi connectivity index (χ4v) is 4.66. The molecule has 0 aromatic heterocycles. The number of carbonyl (C=O) groups excluding carboxylic acids is 3. The fraction of sp³-hybridized carbons (Fsp3) is 0.605. The maximum atomic E-state index is 11.8. The molecule has 0 bridgehead atoms. The van der Waals surface area contributed by atoms with Gasteiger partial charge in [-0.2, -0.15) is 0 Å². The Morgan fingerprint density at radius 1 is 0.553 bits per heavy atom. The fourth-order valence-electron chi connectivity index (χ4n) is 4.66. The summed E-state index contributed by atoms with van der Waals surface area (Å²) in [7, 11) is 0. The van der Waals surface area contributed by atoms with Crippen LogP contribution in [-0.4, -0.2) is 71.9 Å². The molecule has 9 nitrogen and oxygen atoms in total. The van der Waals surface area contributed by atoms with Gasteiger partial charge in [0, 0.05) is 6.42 Å². The van der Waals surface area contributed by atoms with E-state index < -0.39 is 18.2 Å². The van der Waals surface area contributed by atoms with Crippen molar-refractivity contribution in [1.82, 2.24) is 0 Å². The topological polar surface area (TPSA) is 140 Å². The zero-order valence-corrected chi connectivity index (χ0v) is 28.4. The lowest BCUT2D eigenvalue weighted by Crippen LogP contribution is -2.21. The van der Waals surface area contributed by atoms with E-state index in [1.165, 1.54) is 64.2 Å². The number of esters is 3. The molecule has 2 atom stereocenters. The highest BCUT2D eigenvalue weighted by Crippen LogP contribution is 2.14. The Bertz CT molecular complexity index is 1040. The molecule has 0 fully saturated rings. The molecule has 0 aliphatic carbocycles. The molecule has 47 heavy (non-hydrogen) atoms. The lowest BCUT2D eigenvalue weighted by molar-refractivity contribution is -0.147. The summed E-state index contributed by atoms with van der Waals surface area (Å²) in [6.07, 6.45) is 16.7. The van der Waals surface area contributed by atoms with Gasteiger partial charge < -0.3 is 29.5 Å². The summed E-state index contributed by atoms with van der Waals surface area (Å²) in [6, 6.07) is 17.8. The lowest BCUT2D eigenvalue weighted by Gasteiger charge is -2.08. The van der Waals surface area contributed by atoms with E-state index in [2.05, 4.69) is 0 Å². The van der Waals surface area contributed by atoms with Crippen molar-refractivity contribution in [2.45, 2.75) is 122 Å². The number of hydrogen-bond acceptors (Lipinski definition) is 9. The summed E-state index contributed by atoms with van der Waals surface area (Å²) >= 11 is 0. The molecule has 9 heteroatoms. The number of aliphatic hydroxyl groups is 3. The molecule has 0 aliphatic rings. The molecule has 0 aliphatic heterocycles. The standard InChI is InChI=1S/C28H46O6.C10H12O3/c29-23-26(30)24-34-27(31)21-17-12-10-8-6-4-2-1-3-5-7-9-11-13-18-22-33-28(32)25-19-15-14-16-20-25;1-8(11)7-13-10(12)9-5-3-2-4-6-9/h14-16,19-20,26,29-30H,1-13,17-18,21-24H2;2-6,8,11H,7H2,1H3. The quantitative estimate of drug-likeness (QED) is 0.0574. The van der Waals surface area contributed by atoms with E-state index in [0.717, 1.165) is 32.1 Å². The van der Waals surface area contributed by atoms with Gasteiger partial charge in [-0.25, -0.2) is 9.59 Å². The van der Waals surface area contributed by atoms with Gasteiger partial charge in [-0.1, -0.05) is 120 Å². The van der Waals surface area contributed by atoms with Gasteiger partial charge in [-0.15, -0.1) is 0 Å². The van der Waals surface area contributed by atoms with Gasteiger partial charge >= 0.3 is 17.9 Å². The van der Waals surface area contributed by atoms with Crippen LogP contribution in [-0.2, 0) is 19.0 Å². The second-order valence-electron chi connectivity index (χ2n) is 11.9. The predicted octanol–water partition coefficient (Wildman–Crippen LogP) is 7.21. The molecule has 3 N–H and O–H groups in total. The van der Waals surface area contributed by atoms with Gasteiger partial charge in [-0.05, 0) is 44.0 Å². The maximum absolute atomic E-state index is 11.8. The summed E-state index contributed by atoms with van der Waals surface area (Å²) in [5, 5.41) is 26.7. The van der Waals surface area contributed by atoms with Crippen LogP contribution in [0, 0.1) is 0 Å². The molecule has 264 valence electrons. The summed E-state index contributed by atoms with van der Waals surface area (Å²) < 4.78 is 15.0. The lowest BCUT2D eigenvalue weighted by atomic mass is 10.0. The molecule has 0 amide bonds. The monoisotopic (exact) mass is 658 g/mol. The molecule has 0 saturated carbocycles. The third-order valence-electron chi connectivity index (χ3n) is 7.38. The van der Waals surface area contributed by atoms with E-state index in [-0.39, 0.29) is 31.8 Å². The van der Waals surface area contributed by atoms with Crippen LogP contribution in [0.1, 0.15) is 130 Å². The zero-order chi connectivity index (χ0) is 34.4. The zero-order valence-electron chi connectivity index (χ0n) is 28.4. The number of aliphatic hydroxyl groups excluding tert-OH is 3. The van der Waals surface area contributed by atoms with Crippen molar-refractivity contribution in [1.29, 1.82) is 0 Å². The first-order valence-electron chi connectivity index (χ1n) is 17.4. The van der Waals surface area contributed by atoms with Gasteiger partial charge in [-0.3, -0.25) is 4.79 Å². The van der Waals surface area contributed by atoms with Crippen molar-refractivity contribution in [2.24, 2.45) is 0 Å². The normalized spacial score (nSPS) is 11.9. The van der Waals surface area contributed by atoms with Crippen LogP contribution in [0.5, 0.6) is 0 Å². The van der Waals surface area contributed by atoms with Crippen LogP contribution in [0.2, 0.25) is 0 Å². The van der Waals surface area contributed by atoms with E-state index >= 15 is 0 Å². The van der Waals surface area contributed by atoms with E-state index in [0.29, 0.717) is 24.2 Å². The van der Waals surface area contributed by atoms with E-state index in [9.17, 15) is 14.4 Å². The summed E-state index contributed by atoms with van der Waals surface area (Å²) in [6.45, 7) is 1.61. The number of hydrogen-bond donors (Lipinski definition) is 3. The highest BCUT2D eigenvalue weighted by Gasteiger charge is 2.08. The molecule has 2 unspecified atom stereocenters. The predicted molar refractivity (Wildman–Crippen MR) is 183 cm³/mol. The molecule has 0 heterocycles. The van der Waals surface area contributed by atoms with E-state index in [4.69, 9.17) is 29.5 Å². The van der Waals surface area contributed by atoms with Gasteiger partial charge in [0.2, 0.25) is 0 Å². The summed E-state index contributed by atoms with van der Waals surface area (Å²) in [5.74, 6) is -0.922. The Labute approximate surface area is 281 Å². The van der Waals surface area contributed by atoms with Crippen molar-refractivity contribution in [3.8, 4) is 0 Å². The van der Waals surface area contributed by atoms with Gasteiger partial charge in [0.05, 0.1) is 30.4 Å². The first kappa shape index (κ1) is 41.8. The highest BCUT2D eigenvalue weighted by atomic mass is 16.5. The van der Waals surface area contributed by atoms with E-state index in [1.54, 1.807) is 43.3 Å². The number of rotatable bonds is 25. The molecular weight excluding hydrogens is 600 g/mol. The Balaban J connectivity index is 0.000000704. The Morgan fingerprint density at radius 2 is 0.957 bits per heavy atom. The third-order valence-corrected chi connectivity index (χ3v) is 7.38. The SMILES string of the molecule is CC(O)COC(=O)c1ccccc1.O=C(CCCCCCCCCCCCCCCCCOC(=O)c1ccccc1)OCC(O)CO. The molecule has 2 aromatic carbocycles. The average Bonchev–Trinajstić information content (AvgIpc) is 3.09. The highest BCUT2D eigenvalue weighted by molar-refractivity contribution is 5.89. The molecular formula is C38H58O9. The second kappa shape index (κ2) is 28.9. The van der Waals surface area contributed by atoms with Gasteiger partial charge in [0.1, 0.15) is 19.3 Å². The van der Waals surface area contributed by atoms with E-state index in [1.807, 2.05) is 24.3 Å². The van der Waals surface area contributed by atoms with Crippen LogP contribution in [0.15, 0.2) is 60.7 Å². The first-order chi connectivity index (χ1) is 22.8. The third kappa shape index (κ3) is 24.6. The Kier molecular flexibility index (Phi) is 25.7. The van der Waals surface area contributed by atoms with Gasteiger partial charge in [0.25, 0.3) is 0 Å². The van der Waals surface area contributed by atoms with Crippen molar-refractivity contribution in [3.05, 3.63) is 71.8 Å². The first-order valence-corrected chi connectivity index (χ1v) is 17.4. The minimum absolute atomic E-state index is 0.0354. The molecule has 0 saturated heterocycles. The van der Waals surface area contributed by atoms with Crippen LogP contribution < -0.4 is 0 Å². The molecule has 2 rings (SSSR count). The largest absolute Gasteiger partial charge is 0.463 e. The van der Waals surface area contributed by atoms with Gasteiger partial charge in [0.15, 0.2) is 0 Å². The summed E-state index contributed by atoms with van der Waals surface area (Å²) in [4.78, 5) is 34.5. The van der Waals surface area contributed by atoms with Crippen molar-refractivity contribution < 1.29 is 43.9 Å². The van der Waals surface area contributed by atoms with Crippen LogP contribution in [0.25, 0.3) is 0 Å². The second-order valence-corrected chi connectivity index (χ2v) is 11.9. The Hall–Kier alpha value is -3.27. The molecule has 0 spiro atoms. The molecule has 0 radical (unpaired) electrons. The summed E-state index contributed by atoms with van der Waals surface area (Å²) in [5.41, 5.74) is 1.12. The number of carbonyl (C=O) groups is 3. The number of ether oxygens (including phenoxy) is 3. The minimum atomic E-state index is -0.973. The maximum Gasteiger partial charge on any atom is 0.338 e. The Morgan fingerprint density at radius 3 is 1.38 bits per heavy atom. The van der Waals surface area contributed by atoms with Crippen molar-refractivity contribution in [3.63, 3.8) is 0 Å². The van der Waals surface area contributed by atoms with Crippen LogP contribution in [0.3, 0.4) is 0 Å².